The minimum Gasteiger partial charge on any atom is -0.497 e. The highest BCUT2D eigenvalue weighted by atomic mass is 16.5. The first-order chi connectivity index (χ1) is 15.2. The Labute approximate surface area is 183 Å². The van der Waals surface area contributed by atoms with E-state index in [1.807, 2.05) is 42.5 Å². The van der Waals surface area contributed by atoms with Gasteiger partial charge in [0.1, 0.15) is 17.9 Å². The van der Waals surface area contributed by atoms with Crippen molar-refractivity contribution in [3.05, 3.63) is 66.5 Å². The van der Waals surface area contributed by atoms with Crippen molar-refractivity contribution in [2.75, 3.05) is 30.4 Å². The van der Waals surface area contributed by atoms with Crippen LogP contribution in [0.2, 0.25) is 0 Å². The Bertz CT molecular complexity index is 1020. The SMILES string of the molecule is CCc1ccc(NC(=O)C2CCCN(c3cc(-c4ccc(OC)cc4)ncn3)C2)cc1. The van der Waals surface area contributed by atoms with Gasteiger partial charge in [0, 0.05) is 30.4 Å². The summed E-state index contributed by atoms with van der Waals surface area (Å²) < 4.78 is 5.23. The predicted molar refractivity (Wildman–Crippen MR) is 123 cm³/mol. The first-order valence-corrected chi connectivity index (χ1v) is 10.8. The highest BCUT2D eigenvalue weighted by molar-refractivity contribution is 5.93. The number of aromatic nitrogens is 2. The molecule has 1 aromatic heterocycles. The summed E-state index contributed by atoms with van der Waals surface area (Å²) in [4.78, 5) is 24.0. The molecule has 2 heterocycles. The Hall–Kier alpha value is -3.41. The molecule has 4 rings (SSSR count). The van der Waals surface area contributed by atoms with Crippen LogP contribution in [0.25, 0.3) is 11.3 Å². The van der Waals surface area contributed by atoms with Gasteiger partial charge in [-0.2, -0.15) is 0 Å². The molecule has 0 saturated carbocycles. The maximum absolute atomic E-state index is 12.9. The summed E-state index contributed by atoms with van der Waals surface area (Å²) in [6.07, 6.45) is 4.41. The van der Waals surface area contributed by atoms with Crippen molar-refractivity contribution in [2.24, 2.45) is 5.92 Å². The fourth-order valence-corrected chi connectivity index (χ4v) is 3.91. The maximum atomic E-state index is 12.9. The summed E-state index contributed by atoms with van der Waals surface area (Å²) in [5.41, 5.74) is 3.97. The van der Waals surface area contributed by atoms with Gasteiger partial charge in [-0.15, -0.1) is 0 Å². The number of carbonyl (C=O) groups is 1. The van der Waals surface area contributed by atoms with Gasteiger partial charge >= 0.3 is 0 Å². The van der Waals surface area contributed by atoms with Crippen molar-refractivity contribution in [1.29, 1.82) is 0 Å². The molecule has 160 valence electrons. The van der Waals surface area contributed by atoms with Gasteiger partial charge in [-0.05, 0) is 61.2 Å². The number of hydrogen-bond acceptors (Lipinski definition) is 5. The van der Waals surface area contributed by atoms with Crippen molar-refractivity contribution in [3.63, 3.8) is 0 Å². The molecule has 1 saturated heterocycles. The van der Waals surface area contributed by atoms with E-state index in [-0.39, 0.29) is 11.8 Å². The third kappa shape index (κ3) is 5.02. The van der Waals surface area contributed by atoms with Crippen LogP contribution in [0.4, 0.5) is 11.5 Å². The molecule has 1 aliphatic heterocycles. The number of carbonyl (C=O) groups excluding carboxylic acids is 1. The lowest BCUT2D eigenvalue weighted by molar-refractivity contribution is -0.120. The number of piperidine rings is 1. The standard InChI is InChI=1S/C25H28N4O2/c1-3-18-6-10-21(11-7-18)28-25(30)20-5-4-14-29(16-20)24-15-23(26-17-27-24)19-8-12-22(31-2)13-9-19/h6-13,15,17,20H,3-5,14,16H2,1-2H3,(H,28,30). The van der Waals surface area contributed by atoms with Gasteiger partial charge in [0.2, 0.25) is 5.91 Å². The van der Waals surface area contributed by atoms with Crippen molar-refractivity contribution in [2.45, 2.75) is 26.2 Å². The van der Waals surface area contributed by atoms with E-state index in [4.69, 9.17) is 4.74 Å². The topological polar surface area (TPSA) is 67.4 Å². The Morgan fingerprint density at radius 3 is 2.61 bits per heavy atom. The average molecular weight is 417 g/mol. The van der Waals surface area contributed by atoms with Crippen LogP contribution < -0.4 is 15.0 Å². The lowest BCUT2D eigenvalue weighted by atomic mass is 9.97. The van der Waals surface area contributed by atoms with E-state index in [9.17, 15) is 4.79 Å². The molecular formula is C25H28N4O2. The van der Waals surface area contributed by atoms with Crippen molar-refractivity contribution in [3.8, 4) is 17.0 Å². The smallest absolute Gasteiger partial charge is 0.229 e. The maximum Gasteiger partial charge on any atom is 0.229 e. The van der Waals surface area contributed by atoms with Crippen molar-refractivity contribution >= 4 is 17.4 Å². The van der Waals surface area contributed by atoms with Crippen molar-refractivity contribution in [1.82, 2.24) is 9.97 Å². The molecule has 31 heavy (non-hydrogen) atoms. The Kier molecular flexibility index (Phi) is 6.46. The molecule has 1 amide bonds. The van der Waals surface area contributed by atoms with Gasteiger partial charge in [0.05, 0.1) is 18.7 Å². The molecule has 0 spiro atoms. The Balaban J connectivity index is 1.44. The van der Waals surface area contributed by atoms with E-state index in [1.165, 1.54) is 5.56 Å². The summed E-state index contributed by atoms with van der Waals surface area (Å²) in [7, 11) is 1.65. The van der Waals surface area contributed by atoms with E-state index < -0.39 is 0 Å². The minimum atomic E-state index is -0.0704. The molecule has 1 aliphatic rings. The van der Waals surface area contributed by atoms with Gasteiger partial charge in [-0.25, -0.2) is 9.97 Å². The molecule has 1 unspecified atom stereocenters. The van der Waals surface area contributed by atoms with Crippen LogP contribution in [0.1, 0.15) is 25.3 Å². The molecule has 2 aromatic carbocycles. The van der Waals surface area contributed by atoms with E-state index in [1.54, 1.807) is 13.4 Å². The Morgan fingerprint density at radius 1 is 1.13 bits per heavy atom. The van der Waals surface area contributed by atoms with E-state index in [0.717, 1.165) is 54.3 Å². The second-order valence-electron chi connectivity index (χ2n) is 7.81. The van der Waals surface area contributed by atoms with Gasteiger partial charge in [-0.1, -0.05) is 19.1 Å². The number of nitrogens with zero attached hydrogens (tertiary/aromatic N) is 3. The van der Waals surface area contributed by atoms with Gasteiger partial charge in [-0.3, -0.25) is 4.79 Å². The number of ether oxygens (including phenoxy) is 1. The first kappa shape index (κ1) is 20.8. The average Bonchev–Trinajstić information content (AvgIpc) is 2.84. The van der Waals surface area contributed by atoms with Crippen LogP contribution in [-0.4, -0.2) is 36.1 Å². The fraction of sp³-hybridized carbons (Fsp3) is 0.320. The number of aryl methyl sites for hydroxylation is 1. The normalized spacial score (nSPS) is 16.1. The largest absolute Gasteiger partial charge is 0.497 e. The predicted octanol–water partition coefficient (Wildman–Crippen LogP) is 4.57. The number of anilines is 2. The van der Waals surface area contributed by atoms with Gasteiger partial charge in [0.25, 0.3) is 0 Å². The van der Waals surface area contributed by atoms with E-state index in [0.29, 0.717) is 6.54 Å². The molecule has 3 aromatic rings. The number of methoxy groups -OCH3 is 1. The number of rotatable bonds is 6. The first-order valence-electron chi connectivity index (χ1n) is 10.8. The lowest BCUT2D eigenvalue weighted by Crippen LogP contribution is -2.41. The molecular weight excluding hydrogens is 388 g/mol. The summed E-state index contributed by atoms with van der Waals surface area (Å²) in [6.45, 7) is 3.66. The molecule has 1 atom stereocenters. The third-order valence-corrected chi connectivity index (χ3v) is 5.78. The minimum absolute atomic E-state index is 0.0679. The third-order valence-electron chi connectivity index (χ3n) is 5.78. The van der Waals surface area contributed by atoms with Crippen LogP contribution in [-0.2, 0) is 11.2 Å². The van der Waals surface area contributed by atoms with E-state index in [2.05, 4.69) is 39.2 Å². The highest BCUT2D eigenvalue weighted by Crippen LogP contribution is 2.27. The fourth-order valence-electron chi connectivity index (χ4n) is 3.91. The molecule has 6 nitrogen and oxygen atoms in total. The van der Waals surface area contributed by atoms with E-state index >= 15 is 0 Å². The van der Waals surface area contributed by atoms with Gasteiger partial charge < -0.3 is 15.0 Å². The number of nitrogens with one attached hydrogen (secondary N) is 1. The zero-order chi connectivity index (χ0) is 21.6. The molecule has 0 radical (unpaired) electrons. The van der Waals surface area contributed by atoms with Gasteiger partial charge in [0.15, 0.2) is 0 Å². The summed E-state index contributed by atoms with van der Waals surface area (Å²) in [6, 6.07) is 17.9. The lowest BCUT2D eigenvalue weighted by Gasteiger charge is -2.33. The number of hydrogen-bond donors (Lipinski definition) is 1. The molecule has 1 N–H and O–H groups in total. The monoisotopic (exact) mass is 416 g/mol. The molecule has 0 aliphatic carbocycles. The zero-order valence-electron chi connectivity index (χ0n) is 18.0. The van der Waals surface area contributed by atoms with Crippen LogP contribution in [0.15, 0.2) is 60.9 Å². The summed E-state index contributed by atoms with van der Waals surface area (Å²) in [5, 5.41) is 3.07. The summed E-state index contributed by atoms with van der Waals surface area (Å²) in [5.74, 6) is 1.66. The van der Waals surface area contributed by atoms with Crippen LogP contribution >= 0.6 is 0 Å². The zero-order valence-corrected chi connectivity index (χ0v) is 18.0. The quantitative estimate of drug-likeness (QED) is 0.638. The van der Waals surface area contributed by atoms with Crippen LogP contribution in [0.5, 0.6) is 5.75 Å². The highest BCUT2D eigenvalue weighted by Gasteiger charge is 2.27. The number of amides is 1. The molecule has 1 fully saturated rings. The molecule has 0 bridgehead atoms. The second-order valence-corrected chi connectivity index (χ2v) is 7.81. The van der Waals surface area contributed by atoms with Crippen LogP contribution in [0.3, 0.4) is 0 Å². The summed E-state index contributed by atoms with van der Waals surface area (Å²) >= 11 is 0. The van der Waals surface area contributed by atoms with Crippen LogP contribution in [0, 0.1) is 5.92 Å². The second kappa shape index (κ2) is 9.60. The molecule has 6 heteroatoms. The number of benzene rings is 2. The Morgan fingerprint density at radius 2 is 1.90 bits per heavy atom. The van der Waals surface area contributed by atoms with Crippen molar-refractivity contribution < 1.29 is 9.53 Å².